The van der Waals surface area contributed by atoms with Crippen molar-refractivity contribution in [2.75, 3.05) is 7.05 Å². The Balaban J connectivity index is 2.30. The third kappa shape index (κ3) is 2.65. The van der Waals surface area contributed by atoms with Crippen molar-refractivity contribution in [2.24, 2.45) is 0 Å². The molecular weight excluding hydrogens is 217 g/mol. The summed E-state index contributed by atoms with van der Waals surface area (Å²) >= 11 is 0. The minimum atomic E-state index is -0.200. The fourth-order valence-corrected chi connectivity index (χ4v) is 1.59. The van der Waals surface area contributed by atoms with Gasteiger partial charge in [0.1, 0.15) is 5.82 Å². The first kappa shape index (κ1) is 11.7. The second-order valence-electron chi connectivity index (χ2n) is 3.90. The minimum absolute atomic E-state index is 0.200. The van der Waals surface area contributed by atoms with Crippen LogP contribution in [0.1, 0.15) is 11.3 Å². The van der Waals surface area contributed by atoms with E-state index in [0.29, 0.717) is 12.1 Å². The largest absolute Gasteiger partial charge is 0.314 e. The molecule has 17 heavy (non-hydrogen) atoms. The number of hydrogen-bond donors (Lipinski definition) is 1. The second kappa shape index (κ2) is 5.01. The Morgan fingerprint density at radius 3 is 2.59 bits per heavy atom. The number of benzene rings is 1. The number of aromatic nitrogens is 2. The van der Waals surface area contributed by atoms with Crippen molar-refractivity contribution >= 4 is 0 Å². The first-order valence-electron chi connectivity index (χ1n) is 5.44. The summed E-state index contributed by atoms with van der Waals surface area (Å²) in [5.41, 5.74) is 3.14. The Labute approximate surface area is 99.7 Å². The Hall–Kier alpha value is -1.81. The number of halogens is 1. The van der Waals surface area contributed by atoms with Gasteiger partial charge in [-0.2, -0.15) is 10.2 Å². The highest BCUT2D eigenvalue weighted by molar-refractivity contribution is 5.59. The molecule has 0 aliphatic rings. The van der Waals surface area contributed by atoms with Crippen LogP contribution in [0.15, 0.2) is 30.3 Å². The molecule has 0 radical (unpaired) electrons. The molecule has 0 saturated carbocycles. The molecule has 0 aliphatic carbocycles. The Morgan fingerprint density at radius 1 is 1.18 bits per heavy atom. The molecule has 0 spiro atoms. The van der Waals surface area contributed by atoms with Gasteiger partial charge in [0, 0.05) is 12.1 Å². The van der Waals surface area contributed by atoms with Gasteiger partial charge in [0.15, 0.2) is 0 Å². The van der Waals surface area contributed by atoms with Gasteiger partial charge in [0.05, 0.1) is 11.4 Å². The highest BCUT2D eigenvalue weighted by Gasteiger charge is 2.03. The van der Waals surface area contributed by atoms with Crippen LogP contribution in [0.3, 0.4) is 0 Å². The molecule has 1 aromatic heterocycles. The molecule has 2 rings (SSSR count). The lowest BCUT2D eigenvalue weighted by Gasteiger charge is -2.03. The summed E-state index contributed by atoms with van der Waals surface area (Å²) < 4.78 is 13.1. The van der Waals surface area contributed by atoms with Gasteiger partial charge in [-0.1, -0.05) is 0 Å². The van der Waals surface area contributed by atoms with E-state index in [2.05, 4.69) is 15.5 Å². The molecule has 0 aliphatic heterocycles. The Bertz CT molecular complexity index is 509. The topological polar surface area (TPSA) is 37.8 Å². The van der Waals surface area contributed by atoms with E-state index in [4.69, 9.17) is 0 Å². The van der Waals surface area contributed by atoms with Gasteiger partial charge in [-0.05, 0) is 49.9 Å². The van der Waals surface area contributed by atoms with Crippen LogP contribution in [0, 0.1) is 12.7 Å². The van der Waals surface area contributed by atoms with E-state index < -0.39 is 0 Å². The zero-order chi connectivity index (χ0) is 12.3. The van der Waals surface area contributed by atoms with E-state index >= 15 is 0 Å². The molecule has 3 nitrogen and oxygen atoms in total. The van der Waals surface area contributed by atoms with E-state index in [9.17, 15) is 4.39 Å². The number of hydrogen-bond acceptors (Lipinski definition) is 3. The first-order valence-corrected chi connectivity index (χ1v) is 5.44. The number of rotatable bonds is 3. The van der Waals surface area contributed by atoms with Crippen LogP contribution < -0.4 is 5.32 Å². The molecule has 0 unspecified atom stereocenters. The van der Waals surface area contributed by atoms with E-state index in [1.807, 2.05) is 19.2 Å². The second-order valence-corrected chi connectivity index (χ2v) is 3.90. The van der Waals surface area contributed by atoms with Crippen LogP contribution >= 0.6 is 0 Å². The van der Waals surface area contributed by atoms with Gasteiger partial charge < -0.3 is 5.32 Å². The van der Waals surface area contributed by atoms with Gasteiger partial charge in [0.2, 0.25) is 0 Å². The molecular formula is C13H14FN3. The van der Waals surface area contributed by atoms with Gasteiger partial charge in [-0.3, -0.25) is 0 Å². The molecule has 0 fully saturated rings. The SMILES string of the molecule is CNCc1ccc(-c2ccc(F)c(C)c2)nn1. The predicted octanol–water partition coefficient (Wildman–Crippen LogP) is 2.31. The maximum Gasteiger partial charge on any atom is 0.126 e. The summed E-state index contributed by atoms with van der Waals surface area (Å²) in [7, 11) is 1.86. The molecule has 1 aromatic carbocycles. The van der Waals surface area contributed by atoms with Crippen LogP contribution in [0.2, 0.25) is 0 Å². The van der Waals surface area contributed by atoms with Crippen LogP contribution in [0.5, 0.6) is 0 Å². The van der Waals surface area contributed by atoms with Gasteiger partial charge in [0.25, 0.3) is 0 Å². The number of aryl methyl sites for hydroxylation is 1. The van der Waals surface area contributed by atoms with Crippen molar-refractivity contribution in [2.45, 2.75) is 13.5 Å². The maximum atomic E-state index is 13.1. The highest BCUT2D eigenvalue weighted by atomic mass is 19.1. The van der Waals surface area contributed by atoms with Crippen molar-refractivity contribution in [1.29, 1.82) is 0 Å². The lowest BCUT2D eigenvalue weighted by Crippen LogP contribution is -2.07. The number of nitrogens with zero attached hydrogens (tertiary/aromatic N) is 2. The van der Waals surface area contributed by atoms with Crippen LogP contribution in [0.25, 0.3) is 11.3 Å². The molecule has 1 heterocycles. The van der Waals surface area contributed by atoms with Crippen molar-refractivity contribution < 1.29 is 4.39 Å². The summed E-state index contributed by atoms with van der Waals surface area (Å²) in [6, 6.07) is 8.75. The summed E-state index contributed by atoms with van der Waals surface area (Å²) in [5.74, 6) is -0.200. The smallest absolute Gasteiger partial charge is 0.126 e. The summed E-state index contributed by atoms with van der Waals surface area (Å²) in [6.45, 7) is 2.43. The minimum Gasteiger partial charge on any atom is -0.314 e. The average molecular weight is 231 g/mol. The molecule has 88 valence electrons. The molecule has 0 atom stereocenters. The van der Waals surface area contributed by atoms with Crippen molar-refractivity contribution in [3.05, 3.63) is 47.4 Å². The lowest BCUT2D eigenvalue weighted by molar-refractivity contribution is 0.618. The summed E-state index contributed by atoms with van der Waals surface area (Å²) in [4.78, 5) is 0. The molecule has 2 aromatic rings. The van der Waals surface area contributed by atoms with E-state index in [-0.39, 0.29) is 5.82 Å². The van der Waals surface area contributed by atoms with Crippen molar-refractivity contribution in [3.63, 3.8) is 0 Å². The molecule has 1 N–H and O–H groups in total. The Morgan fingerprint density at radius 2 is 2.00 bits per heavy atom. The quantitative estimate of drug-likeness (QED) is 0.880. The zero-order valence-electron chi connectivity index (χ0n) is 9.87. The lowest BCUT2D eigenvalue weighted by atomic mass is 10.1. The molecule has 0 amide bonds. The third-order valence-electron chi connectivity index (χ3n) is 2.53. The average Bonchev–Trinajstić information content (AvgIpc) is 2.34. The molecule has 4 heteroatoms. The fraction of sp³-hybridized carbons (Fsp3) is 0.231. The molecule has 0 saturated heterocycles. The van der Waals surface area contributed by atoms with E-state index in [0.717, 1.165) is 17.0 Å². The van der Waals surface area contributed by atoms with E-state index in [1.165, 1.54) is 6.07 Å². The van der Waals surface area contributed by atoms with Crippen molar-refractivity contribution in [3.8, 4) is 11.3 Å². The molecule has 0 bridgehead atoms. The standard InChI is InChI=1S/C13H14FN3/c1-9-7-10(3-5-12(9)14)13-6-4-11(8-15-2)16-17-13/h3-7,15H,8H2,1-2H3. The summed E-state index contributed by atoms with van der Waals surface area (Å²) in [6.07, 6.45) is 0. The highest BCUT2D eigenvalue weighted by Crippen LogP contribution is 2.19. The first-order chi connectivity index (χ1) is 8.20. The third-order valence-corrected chi connectivity index (χ3v) is 2.53. The Kier molecular flexibility index (Phi) is 3.44. The van der Waals surface area contributed by atoms with Crippen LogP contribution in [0.4, 0.5) is 4.39 Å². The monoisotopic (exact) mass is 231 g/mol. The van der Waals surface area contributed by atoms with Crippen LogP contribution in [-0.2, 0) is 6.54 Å². The summed E-state index contributed by atoms with van der Waals surface area (Å²) in [5, 5.41) is 11.2. The van der Waals surface area contributed by atoms with Gasteiger partial charge >= 0.3 is 0 Å². The zero-order valence-corrected chi connectivity index (χ0v) is 9.87. The normalized spacial score (nSPS) is 10.5. The van der Waals surface area contributed by atoms with Gasteiger partial charge in [-0.25, -0.2) is 4.39 Å². The van der Waals surface area contributed by atoms with Crippen LogP contribution in [-0.4, -0.2) is 17.2 Å². The predicted molar refractivity (Wildman–Crippen MR) is 64.9 cm³/mol. The maximum absolute atomic E-state index is 13.1. The van der Waals surface area contributed by atoms with Crippen molar-refractivity contribution in [1.82, 2.24) is 15.5 Å². The fourth-order valence-electron chi connectivity index (χ4n) is 1.59. The number of nitrogens with one attached hydrogen (secondary N) is 1. The van der Waals surface area contributed by atoms with Gasteiger partial charge in [-0.15, -0.1) is 0 Å². The van der Waals surface area contributed by atoms with E-state index in [1.54, 1.807) is 19.1 Å².